The Bertz CT molecular complexity index is 1030. The molecule has 0 radical (unpaired) electrons. The van der Waals surface area contributed by atoms with Crippen molar-refractivity contribution in [1.29, 1.82) is 0 Å². The quantitative estimate of drug-likeness (QED) is 0.0214. The number of unbranched alkanes of at least 4 members (excludes halogenated alkanes) is 37. The maximum Gasteiger partial charge on any atom is 0.472 e. The van der Waals surface area contributed by atoms with E-state index in [4.69, 9.17) is 18.5 Å². The molecule has 0 saturated heterocycles. The molecule has 0 fully saturated rings. The van der Waals surface area contributed by atoms with Gasteiger partial charge in [0, 0.05) is 13.0 Å². The molecule has 9 heteroatoms. The number of likely N-dealkylation sites (N-methyl/N-ethyl adjacent to an activating group) is 1. The summed E-state index contributed by atoms with van der Waals surface area (Å²) in [7, 11) is 1.69. The van der Waals surface area contributed by atoms with Gasteiger partial charge in [0.15, 0.2) is 0 Å². The zero-order valence-corrected chi connectivity index (χ0v) is 44.4. The van der Waals surface area contributed by atoms with Gasteiger partial charge in [-0.3, -0.25) is 13.8 Å². The van der Waals surface area contributed by atoms with Crippen molar-refractivity contribution in [3.8, 4) is 0 Å². The number of hydrogen-bond donors (Lipinski definition) is 1. The zero-order valence-electron chi connectivity index (χ0n) is 43.6. The molecule has 1 N–H and O–H groups in total. The number of nitrogens with zero attached hydrogens (tertiary/aromatic N) is 1. The summed E-state index contributed by atoms with van der Waals surface area (Å²) in [5.41, 5.74) is 0. The standard InChI is InChI=1S/C55H110NO7P/c1-6-8-10-12-14-16-18-20-22-24-26-28-29-30-32-34-36-38-40-42-44-46-48-55(57)63-54(53-62-64(58,59)61-51-49-56(3,4)5)52-60-50-47-45-43-41-39-37-35-33-31-27-25-23-21-19-17-15-13-11-9-7-2/h21,23,54H,6-20,22,24-53H2,1-5H3/p+1/b23-21-. The number of rotatable bonds is 53. The lowest BCUT2D eigenvalue weighted by molar-refractivity contribution is -0.870. The Morgan fingerprint density at radius 2 is 0.812 bits per heavy atom. The molecule has 382 valence electrons. The van der Waals surface area contributed by atoms with E-state index in [0.717, 1.165) is 32.1 Å². The Labute approximate surface area is 399 Å². The number of carbonyl (C=O) groups excluding carboxylic acids is 1. The number of ether oxygens (including phenoxy) is 2. The van der Waals surface area contributed by atoms with Crippen molar-refractivity contribution in [2.24, 2.45) is 0 Å². The average molecular weight is 929 g/mol. The Kier molecular flexibility index (Phi) is 48.1. The first-order chi connectivity index (χ1) is 31.1. The molecule has 0 aromatic rings. The van der Waals surface area contributed by atoms with Gasteiger partial charge in [0.25, 0.3) is 0 Å². The monoisotopic (exact) mass is 929 g/mol. The number of hydrogen-bond acceptors (Lipinski definition) is 6. The van der Waals surface area contributed by atoms with Crippen molar-refractivity contribution < 1.29 is 37.3 Å². The highest BCUT2D eigenvalue weighted by Gasteiger charge is 2.26. The van der Waals surface area contributed by atoms with Crippen molar-refractivity contribution >= 4 is 13.8 Å². The number of esters is 1. The minimum atomic E-state index is -4.28. The molecular weight excluding hydrogens is 818 g/mol. The summed E-state index contributed by atoms with van der Waals surface area (Å²) in [6.45, 7) is 5.69. The normalized spacial score (nSPS) is 13.5. The van der Waals surface area contributed by atoms with E-state index in [1.807, 2.05) is 21.1 Å². The fourth-order valence-electron chi connectivity index (χ4n) is 8.26. The van der Waals surface area contributed by atoms with E-state index in [-0.39, 0.29) is 25.8 Å². The van der Waals surface area contributed by atoms with Gasteiger partial charge in [-0.1, -0.05) is 244 Å². The first-order valence-electron chi connectivity index (χ1n) is 27.9. The fraction of sp³-hybridized carbons (Fsp3) is 0.945. The molecule has 0 spiro atoms. The van der Waals surface area contributed by atoms with Gasteiger partial charge in [0.1, 0.15) is 19.3 Å². The Hall–Kier alpha value is -0.760. The summed E-state index contributed by atoms with van der Waals surface area (Å²) in [6, 6.07) is 0. The van der Waals surface area contributed by atoms with Crippen LogP contribution in [0, 0.1) is 0 Å². The van der Waals surface area contributed by atoms with Crippen LogP contribution < -0.4 is 0 Å². The van der Waals surface area contributed by atoms with Crippen molar-refractivity contribution in [2.75, 3.05) is 54.1 Å². The first-order valence-corrected chi connectivity index (χ1v) is 29.4. The molecule has 0 aliphatic carbocycles. The van der Waals surface area contributed by atoms with Gasteiger partial charge < -0.3 is 18.9 Å². The fourth-order valence-corrected chi connectivity index (χ4v) is 9.00. The maximum absolute atomic E-state index is 12.8. The summed E-state index contributed by atoms with van der Waals surface area (Å²) in [6.07, 6.45) is 56.9. The zero-order chi connectivity index (χ0) is 46.9. The molecule has 0 bridgehead atoms. The van der Waals surface area contributed by atoms with Crippen LogP contribution in [0.1, 0.15) is 277 Å². The highest BCUT2D eigenvalue weighted by Crippen LogP contribution is 2.43. The van der Waals surface area contributed by atoms with E-state index in [2.05, 4.69) is 26.0 Å². The SMILES string of the molecule is CCCCCCCC/C=C\CCCCCCCCCCCCOCC(COP(=O)(O)OCC[N+](C)(C)C)OC(=O)CCCCCCCCCCCCCCCCCCCCCCCC. The lowest BCUT2D eigenvalue weighted by Gasteiger charge is -2.24. The molecule has 0 aliphatic rings. The Morgan fingerprint density at radius 3 is 1.19 bits per heavy atom. The largest absolute Gasteiger partial charge is 0.472 e. The van der Waals surface area contributed by atoms with Crippen LogP contribution in [0.3, 0.4) is 0 Å². The van der Waals surface area contributed by atoms with Gasteiger partial charge in [0.2, 0.25) is 0 Å². The lowest BCUT2D eigenvalue weighted by atomic mass is 10.0. The predicted octanol–water partition coefficient (Wildman–Crippen LogP) is 17.3. The highest BCUT2D eigenvalue weighted by atomic mass is 31.2. The predicted molar refractivity (Wildman–Crippen MR) is 275 cm³/mol. The van der Waals surface area contributed by atoms with Crippen LogP contribution in [0.2, 0.25) is 0 Å². The van der Waals surface area contributed by atoms with Crippen LogP contribution in [-0.2, 0) is 27.9 Å². The number of quaternary nitrogens is 1. The third kappa shape index (κ3) is 52.2. The summed E-state index contributed by atoms with van der Waals surface area (Å²) in [5, 5.41) is 0. The number of allylic oxidation sites excluding steroid dienone is 2. The van der Waals surface area contributed by atoms with Crippen LogP contribution in [0.5, 0.6) is 0 Å². The average Bonchev–Trinajstić information content (AvgIpc) is 3.25. The minimum Gasteiger partial charge on any atom is -0.457 e. The molecule has 0 rings (SSSR count). The Morgan fingerprint density at radius 1 is 0.469 bits per heavy atom. The van der Waals surface area contributed by atoms with Gasteiger partial charge in [-0.05, 0) is 38.5 Å². The molecule has 2 atom stereocenters. The molecule has 2 unspecified atom stereocenters. The molecule has 0 aromatic heterocycles. The van der Waals surface area contributed by atoms with Crippen molar-refractivity contribution in [1.82, 2.24) is 0 Å². The van der Waals surface area contributed by atoms with E-state index in [0.29, 0.717) is 24.1 Å². The molecule has 64 heavy (non-hydrogen) atoms. The van der Waals surface area contributed by atoms with E-state index >= 15 is 0 Å². The van der Waals surface area contributed by atoms with Crippen molar-refractivity contribution in [3.63, 3.8) is 0 Å². The van der Waals surface area contributed by atoms with Crippen molar-refractivity contribution in [3.05, 3.63) is 12.2 Å². The second-order valence-corrected chi connectivity index (χ2v) is 21.8. The van der Waals surface area contributed by atoms with Gasteiger partial charge in [-0.25, -0.2) is 4.57 Å². The molecule has 0 heterocycles. The third-order valence-corrected chi connectivity index (χ3v) is 13.6. The number of phosphoric ester groups is 1. The first kappa shape index (κ1) is 63.2. The smallest absolute Gasteiger partial charge is 0.457 e. The maximum atomic E-state index is 12.8. The topological polar surface area (TPSA) is 91.3 Å². The van der Waals surface area contributed by atoms with Crippen LogP contribution in [0.25, 0.3) is 0 Å². The van der Waals surface area contributed by atoms with Gasteiger partial charge in [-0.15, -0.1) is 0 Å². The van der Waals surface area contributed by atoms with Crippen LogP contribution >= 0.6 is 7.82 Å². The van der Waals surface area contributed by atoms with Gasteiger partial charge in [0.05, 0.1) is 34.4 Å². The van der Waals surface area contributed by atoms with E-state index in [9.17, 15) is 14.3 Å². The molecule has 0 saturated carbocycles. The molecule has 0 aliphatic heterocycles. The Balaban J connectivity index is 4.05. The van der Waals surface area contributed by atoms with Gasteiger partial charge in [-0.2, -0.15) is 0 Å². The summed E-state index contributed by atoms with van der Waals surface area (Å²) in [5.74, 6) is -0.306. The highest BCUT2D eigenvalue weighted by molar-refractivity contribution is 7.47. The third-order valence-electron chi connectivity index (χ3n) is 12.6. The summed E-state index contributed by atoms with van der Waals surface area (Å²) in [4.78, 5) is 23.1. The molecule has 8 nitrogen and oxygen atoms in total. The summed E-state index contributed by atoms with van der Waals surface area (Å²) >= 11 is 0. The van der Waals surface area contributed by atoms with Crippen LogP contribution in [0.15, 0.2) is 12.2 Å². The molecular formula is C55H111NO7P+. The van der Waals surface area contributed by atoms with E-state index in [1.54, 1.807) is 0 Å². The van der Waals surface area contributed by atoms with E-state index in [1.165, 1.54) is 225 Å². The second kappa shape index (κ2) is 48.7. The van der Waals surface area contributed by atoms with Gasteiger partial charge >= 0.3 is 13.8 Å². The van der Waals surface area contributed by atoms with Crippen molar-refractivity contribution in [2.45, 2.75) is 283 Å². The lowest BCUT2D eigenvalue weighted by Crippen LogP contribution is -2.37. The molecule has 0 amide bonds. The second-order valence-electron chi connectivity index (χ2n) is 20.3. The number of carbonyl (C=O) groups is 1. The summed E-state index contributed by atoms with van der Waals surface area (Å²) < 4.78 is 35.2. The number of phosphoric acid groups is 1. The minimum absolute atomic E-state index is 0.0923. The van der Waals surface area contributed by atoms with E-state index < -0.39 is 13.9 Å². The van der Waals surface area contributed by atoms with Crippen LogP contribution in [0.4, 0.5) is 0 Å². The molecule has 0 aromatic carbocycles. The van der Waals surface area contributed by atoms with Crippen LogP contribution in [-0.4, -0.2) is 75.6 Å².